The SMILES string of the molecule is COC1CCC(C(=O)N2[C@H](C)CN(C(=O)C3C(F)CC(OC)CC3F)C[C@H]2C)C(F)C1. The van der Waals surface area contributed by atoms with Crippen molar-refractivity contribution in [2.75, 3.05) is 27.3 Å². The number of ether oxygens (including phenoxy) is 2. The van der Waals surface area contributed by atoms with Crippen molar-refractivity contribution < 1.29 is 32.2 Å². The summed E-state index contributed by atoms with van der Waals surface area (Å²) in [5.41, 5.74) is 0. The zero-order valence-corrected chi connectivity index (χ0v) is 18.8. The minimum absolute atomic E-state index is 0.00107. The molecule has 3 aliphatic rings. The number of nitrogens with zero attached hydrogens (tertiary/aromatic N) is 2. The first-order valence-electron chi connectivity index (χ1n) is 11.3. The van der Waals surface area contributed by atoms with Crippen LogP contribution in [0.15, 0.2) is 0 Å². The molecule has 0 aromatic carbocycles. The summed E-state index contributed by atoms with van der Waals surface area (Å²) in [6.45, 7) is 3.96. The van der Waals surface area contributed by atoms with Crippen LogP contribution in [0.5, 0.6) is 0 Å². The van der Waals surface area contributed by atoms with E-state index in [2.05, 4.69) is 0 Å². The van der Waals surface area contributed by atoms with Gasteiger partial charge in [-0.3, -0.25) is 9.59 Å². The molecule has 3 rings (SSSR count). The summed E-state index contributed by atoms with van der Waals surface area (Å²) in [6, 6.07) is -0.724. The molecular formula is C22H35F3N2O4. The first kappa shape index (κ1) is 24.3. The van der Waals surface area contributed by atoms with E-state index in [0.717, 1.165) is 0 Å². The predicted octanol–water partition coefficient (Wildman–Crippen LogP) is 2.69. The zero-order valence-electron chi connectivity index (χ0n) is 18.8. The molecule has 0 aromatic heterocycles. The highest BCUT2D eigenvalue weighted by Crippen LogP contribution is 2.35. The van der Waals surface area contributed by atoms with Gasteiger partial charge in [0.25, 0.3) is 0 Å². The summed E-state index contributed by atoms with van der Waals surface area (Å²) in [4.78, 5) is 29.2. The van der Waals surface area contributed by atoms with Crippen LogP contribution in [-0.2, 0) is 19.1 Å². The Morgan fingerprint density at radius 2 is 1.29 bits per heavy atom. The maximum Gasteiger partial charge on any atom is 0.231 e. The Balaban J connectivity index is 1.64. The average molecular weight is 449 g/mol. The lowest BCUT2D eigenvalue weighted by atomic mass is 9.82. The van der Waals surface area contributed by atoms with Crippen molar-refractivity contribution in [2.45, 2.75) is 88.8 Å². The van der Waals surface area contributed by atoms with Crippen LogP contribution in [0.1, 0.15) is 46.0 Å². The molecule has 7 atom stereocenters. The molecule has 6 nitrogen and oxygen atoms in total. The number of rotatable bonds is 4. The molecule has 2 aliphatic carbocycles. The maximum atomic E-state index is 14.7. The van der Waals surface area contributed by atoms with E-state index in [4.69, 9.17) is 9.47 Å². The molecule has 0 radical (unpaired) electrons. The van der Waals surface area contributed by atoms with Gasteiger partial charge in [0.2, 0.25) is 11.8 Å². The largest absolute Gasteiger partial charge is 0.381 e. The van der Waals surface area contributed by atoms with Crippen LogP contribution in [0, 0.1) is 11.8 Å². The maximum absolute atomic E-state index is 14.7. The summed E-state index contributed by atoms with van der Waals surface area (Å²) in [5.74, 6) is -2.85. The number of carbonyl (C=O) groups is 2. The normalized spacial score (nSPS) is 41.8. The molecule has 0 aromatic rings. The van der Waals surface area contributed by atoms with Gasteiger partial charge in [0.05, 0.1) is 18.1 Å². The molecule has 2 amide bonds. The van der Waals surface area contributed by atoms with Crippen LogP contribution in [0.25, 0.3) is 0 Å². The quantitative estimate of drug-likeness (QED) is 0.664. The van der Waals surface area contributed by atoms with Gasteiger partial charge in [0, 0.05) is 58.7 Å². The smallest absolute Gasteiger partial charge is 0.231 e. The van der Waals surface area contributed by atoms with Crippen LogP contribution in [0.4, 0.5) is 13.2 Å². The molecule has 0 bridgehead atoms. The second-order valence-electron chi connectivity index (χ2n) is 9.37. The standard InChI is InChI=1S/C22H35F3N2O4/c1-12-10-26(22(29)20-18(24)8-15(31-4)9-19(20)25)11-13(2)27(12)21(28)16-6-5-14(30-3)7-17(16)23/h12-20H,5-11H2,1-4H3/t12-,13-,14?,15?,16?,17?,18?,19?,20?/m1/s1. The van der Waals surface area contributed by atoms with Gasteiger partial charge < -0.3 is 19.3 Å². The number of hydrogen-bond donors (Lipinski definition) is 0. The average Bonchev–Trinajstić information content (AvgIpc) is 2.72. The number of amides is 2. The number of piperazine rings is 1. The minimum Gasteiger partial charge on any atom is -0.381 e. The van der Waals surface area contributed by atoms with Gasteiger partial charge in [-0.05, 0) is 26.7 Å². The summed E-state index contributed by atoms with van der Waals surface area (Å²) >= 11 is 0. The van der Waals surface area contributed by atoms with Crippen molar-refractivity contribution in [2.24, 2.45) is 11.8 Å². The highest BCUT2D eigenvalue weighted by molar-refractivity contribution is 5.83. The third kappa shape index (κ3) is 5.02. The zero-order chi connectivity index (χ0) is 22.9. The fourth-order valence-electron chi connectivity index (χ4n) is 5.53. The summed E-state index contributed by atoms with van der Waals surface area (Å²) < 4.78 is 54.2. The Morgan fingerprint density at radius 1 is 0.774 bits per heavy atom. The minimum atomic E-state index is -1.60. The third-order valence-electron chi connectivity index (χ3n) is 7.23. The highest BCUT2D eigenvalue weighted by atomic mass is 19.1. The van der Waals surface area contributed by atoms with E-state index in [1.54, 1.807) is 25.9 Å². The van der Waals surface area contributed by atoms with Crippen LogP contribution in [0.3, 0.4) is 0 Å². The van der Waals surface area contributed by atoms with E-state index in [9.17, 15) is 22.8 Å². The van der Waals surface area contributed by atoms with E-state index in [-0.39, 0.29) is 56.4 Å². The number of methoxy groups -OCH3 is 2. The molecule has 2 saturated carbocycles. The second kappa shape index (κ2) is 10.1. The Kier molecular flexibility index (Phi) is 7.89. The summed E-state index contributed by atoms with van der Waals surface area (Å²) in [5, 5.41) is 0. The monoisotopic (exact) mass is 448 g/mol. The van der Waals surface area contributed by atoms with Crippen molar-refractivity contribution in [1.29, 1.82) is 0 Å². The summed E-state index contributed by atoms with van der Waals surface area (Å²) in [6.07, 6.45) is -3.90. The number of alkyl halides is 3. The van der Waals surface area contributed by atoms with Gasteiger partial charge in [0.15, 0.2) is 0 Å². The van der Waals surface area contributed by atoms with Crippen LogP contribution in [-0.4, -0.2) is 91.7 Å². The Bertz CT molecular complexity index is 630. The van der Waals surface area contributed by atoms with Gasteiger partial charge >= 0.3 is 0 Å². The fraction of sp³-hybridized carbons (Fsp3) is 0.909. The Hall–Kier alpha value is -1.35. The molecule has 5 unspecified atom stereocenters. The number of carbonyl (C=O) groups excluding carboxylic acids is 2. The van der Waals surface area contributed by atoms with Gasteiger partial charge in [-0.1, -0.05) is 0 Å². The predicted molar refractivity (Wildman–Crippen MR) is 109 cm³/mol. The Morgan fingerprint density at radius 3 is 1.77 bits per heavy atom. The molecule has 31 heavy (non-hydrogen) atoms. The molecular weight excluding hydrogens is 413 g/mol. The fourth-order valence-corrected chi connectivity index (χ4v) is 5.53. The lowest BCUT2D eigenvalue weighted by Crippen LogP contribution is -2.63. The summed E-state index contributed by atoms with van der Waals surface area (Å²) in [7, 11) is 2.96. The highest BCUT2D eigenvalue weighted by Gasteiger charge is 2.47. The molecule has 1 saturated heterocycles. The van der Waals surface area contributed by atoms with E-state index in [0.29, 0.717) is 12.8 Å². The van der Waals surface area contributed by atoms with Crippen LogP contribution in [0.2, 0.25) is 0 Å². The number of hydrogen-bond acceptors (Lipinski definition) is 4. The molecule has 9 heteroatoms. The first-order valence-corrected chi connectivity index (χ1v) is 11.3. The van der Waals surface area contributed by atoms with Crippen LogP contribution < -0.4 is 0 Å². The molecule has 3 fully saturated rings. The van der Waals surface area contributed by atoms with Gasteiger partial charge in [0.1, 0.15) is 24.4 Å². The first-order chi connectivity index (χ1) is 14.7. The van der Waals surface area contributed by atoms with Crippen molar-refractivity contribution in [3.8, 4) is 0 Å². The van der Waals surface area contributed by atoms with Crippen molar-refractivity contribution in [3.63, 3.8) is 0 Å². The van der Waals surface area contributed by atoms with Crippen molar-refractivity contribution in [1.82, 2.24) is 9.80 Å². The van der Waals surface area contributed by atoms with Gasteiger partial charge in [-0.2, -0.15) is 0 Å². The molecule has 178 valence electrons. The van der Waals surface area contributed by atoms with Crippen LogP contribution >= 0.6 is 0 Å². The van der Waals surface area contributed by atoms with E-state index < -0.39 is 42.4 Å². The lowest BCUT2D eigenvalue weighted by molar-refractivity contribution is -0.158. The topological polar surface area (TPSA) is 59.1 Å². The lowest BCUT2D eigenvalue weighted by Gasteiger charge is -2.47. The second-order valence-corrected chi connectivity index (χ2v) is 9.37. The molecule has 1 aliphatic heterocycles. The van der Waals surface area contributed by atoms with Gasteiger partial charge in [-0.15, -0.1) is 0 Å². The molecule has 0 N–H and O–H groups in total. The molecule has 0 spiro atoms. The van der Waals surface area contributed by atoms with Crippen molar-refractivity contribution in [3.05, 3.63) is 0 Å². The van der Waals surface area contributed by atoms with Gasteiger partial charge in [-0.25, -0.2) is 13.2 Å². The van der Waals surface area contributed by atoms with E-state index in [1.165, 1.54) is 12.0 Å². The Labute approximate surface area is 182 Å². The van der Waals surface area contributed by atoms with E-state index in [1.807, 2.05) is 0 Å². The van der Waals surface area contributed by atoms with E-state index >= 15 is 0 Å². The molecule has 1 heterocycles. The number of halogens is 3. The third-order valence-corrected chi connectivity index (χ3v) is 7.23. The van der Waals surface area contributed by atoms with Crippen molar-refractivity contribution >= 4 is 11.8 Å².